The molecular formula is C19H21ClN4O2S. The van der Waals surface area contributed by atoms with Crippen LogP contribution in [-0.4, -0.2) is 52.3 Å². The average Bonchev–Trinajstić information content (AvgIpc) is 3.09. The first-order valence-electron chi connectivity index (χ1n) is 9.03. The number of para-hydroxylation sites is 1. The Morgan fingerprint density at radius 2 is 2.00 bits per heavy atom. The van der Waals surface area contributed by atoms with Gasteiger partial charge in [0.05, 0.1) is 16.8 Å². The highest BCUT2D eigenvalue weighted by Crippen LogP contribution is 2.32. The summed E-state index contributed by atoms with van der Waals surface area (Å²) in [6.45, 7) is 4.60. The predicted octanol–water partition coefficient (Wildman–Crippen LogP) is 2.59. The van der Waals surface area contributed by atoms with Gasteiger partial charge in [0.15, 0.2) is 5.16 Å². The van der Waals surface area contributed by atoms with Crippen LogP contribution in [0.25, 0.3) is 0 Å². The highest BCUT2D eigenvalue weighted by molar-refractivity contribution is 7.99. The normalized spacial score (nSPS) is 19.3. The number of piperazine rings is 1. The van der Waals surface area contributed by atoms with Crippen LogP contribution in [0, 0.1) is 6.92 Å². The van der Waals surface area contributed by atoms with Crippen LogP contribution >= 0.6 is 23.4 Å². The lowest BCUT2D eigenvalue weighted by Crippen LogP contribution is -2.49. The Hall–Kier alpha value is -1.99. The lowest BCUT2D eigenvalue weighted by Gasteiger charge is -2.37. The number of aromatic nitrogens is 2. The Morgan fingerprint density at radius 3 is 2.74 bits per heavy atom. The summed E-state index contributed by atoms with van der Waals surface area (Å²) in [5, 5.41) is 1.45. The Balaban J connectivity index is 1.40. The van der Waals surface area contributed by atoms with Crippen LogP contribution in [0.4, 0.5) is 5.69 Å². The molecule has 2 aliphatic heterocycles. The number of hydrogen-bond donors (Lipinski definition) is 0. The zero-order valence-corrected chi connectivity index (χ0v) is 16.7. The summed E-state index contributed by atoms with van der Waals surface area (Å²) in [5.74, 6) is 0.817. The summed E-state index contributed by atoms with van der Waals surface area (Å²) < 4.78 is 1.69. The summed E-state index contributed by atoms with van der Waals surface area (Å²) in [6, 6.07) is 7.67. The minimum Gasteiger partial charge on any atom is -0.367 e. The van der Waals surface area contributed by atoms with Crippen molar-refractivity contribution >= 4 is 35.0 Å². The number of benzene rings is 1. The second kappa shape index (κ2) is 7.56. The van der Waals surface area contributed by atoms with E-state index in [-0.39, 0.29) is 17.5 Å². The molecule has 0 saturated carbocycles. The van der Waals surface area contributed by atoms with E-state index in [1.54, 1.807) is 29.4 Å². The van der Waals surface area contributed by atoms with Gasteiger partial charge in [-0.15, -0.1) is 0 Å². The largest absolute Gasteiger partial charge is 0.367 e. The lowest BCUT2D eigenvalue weighted by atomic mass is 10.1. The maximum atomic E-state index is 12.8. The van der Waals surface area contributed by atoms with Gasteiger partial charge in [-0.25, -0.2) is 4.98 Å². The molecule has 2 aromatic rings. The first kappa shape index (κ1) is 18.4. The molecule has 1 aromatic heterocycles. The molecule has 142 valence electrons. The molecule has 1 unspecified atom stereocenters. The molecule has 4 rings (SSSR count). The quantitative estimate of drug-likeness (QED) is 0.736. The van der Waals surface area contributed by atoms with Crippen LogP contribution < -0.4 is 10.5 Å². The highest BCUT2D eigenvalue weighted by atomic mass is 35.5. The maximum Gasteiger partial charge on any atom is 0.257 e. The molecule has 3 heterocycles. The Morgan fingerprint density at radius 1 is 1.26 bits per heavy atom. The fourth-order valence-corrected chi connectivity index (χ4v) is 4.97. The molecule has 0 bridgehead atoms. The summed E-state index contributed by atoms with van der Waals surface area (Å²) in [6.07, 6.45) is 1.95. The van der Waals surface area contributed by atoms with Gasteiger partial charge in [0.25, 0.3) is 5.56 Å². The van der Waals surface area contributed by atoms with Crippen molar-refractivity contribution in [3.63, 3.8) is 0 Å². The first-order chi connectivity index (χ1) is 13.0. The number of carbonyl (C=O) groups is 1. The second-order valence-corrected chi connectivity index (χ2v) is 8.28. The number of aryl methyl sites for hydroxylation is 1. The minimum atomic E-state index is -0.112. The second-order valence-electron chi connectivity index (χ2n) is 6.89. The third-order valence-corrected chi connectivity index (χ3v) is 6.57. The number of amides is 1. The molecule has 27 heavy (non-hydrogen) atoms. The first-order valence-corrected chi connectivity index (χ1v) is 10.4. The molecule has 1 amide bonds. The van der Waals surface area contributed by atoms with E-state index in [0.717, 1.165) is 29.6 Å². The van der Waals surface area contributed by atoms with Gasteiger partial charge in [-0.3, -0.25) is 14.2 Å². The monoisotopic (exact) mass is 404 g/mol. The van der Waals surface area contributed by atoms with Gasteiger partial charge in [-0.1, -0.05) is 35.5 Å². The maximum absolute atomic E-state index is 12.8. The van der Waals surface area contributed by atoms with E-state index in [1.165, 1.54) is 0 Å². The van der Waals surface area contributed by atoms with Crippen LogP contribution in [0.1, 0.15) is 18.0 Å². The van der Waals surface area contributed by atoms with Crippen LogP contribution in [0.2, 0.25) is 5.02 Å². The van der Waals surface area contributed by atoms with Crippen LogP contribution in [0.3, 0.4) is 0 Å². The fraction of sp³-hybridized carbons (Fsp3) is 0.421. The predicted molar refractivity (Wildman–Crippen MR) is 108 cm³/mol. The van der Waals surface area contributed by atoms with Crippen molar-refractivity contribution in [3.05, 3.63) is 51.4 Å². The molecule has 1 aromatic carbocycles. The van der Waals surface area contributed by atoms with Crippen LogP contribution in [0.5, 0.6) is 0 Å². The van der Waals surface area contributed by atoms with Gasteiger partial charge in [0.2, 0.25) is 5.91 Å². The molecule has 0 spiro atoms. The van der Waals surface area contributed by atoms with Crippen molar-refractivity contribution in [1.82, 2.24) is 14.5 Å². The Labute approximate surface area is 167 Å². The topological polar surface area (TPSA) is 58.4 Å². The summed E-state index contributed by atoms with van der Waals surface area (Å²) >= 11 is 7.83. The zero-order valence-electron chi connectivity index (χ0n) is 15.1. The van der Waals surface area contributed by atoms with Gasteiger partial charge in [-0.05, 0) is 19.1 Å². The zero-order chi connectivity index (χ0) is 19.0. The smallest absolute Gasteiger partial charge is 0.257 e. The van der Waals surface area contributed by atoms with Gasteiger partial charge in [0.1, 0.15) is 0 Å². The van der Waals surface area contributed by atoms with Gasteiger partial charge >= 0.3 is 0 Å². The van der Waals surface area contributed by atoms with Crippen LogP contribution in [-0.2, 0) is 4.79 Å². The van der Waals surface area contributed by atoms with E-state index < -0.39 is 0 Å². The third kappa shape index (κ3) is 3.58. The molecule has 1 saturated heterocycles. The van der Waals surface area contributed by atoms with Crippen molar-refractivity contribution in [2.75, 3.05) is 36.8 Å². The van der Waals surface area contributed by atoms with E-state index in [4.69, 9.17) is 11.6 Å². The van der Waals surface area contributed by atoms with Crippen molar-refractivity contribution in [2.45, 2.75) is 24.5 Å². The molecule has 1 fully saturated rings. The van der Waals surface area contributed by atoms with Crippen molar-refractivity contribution in [1.29, 1.82) is 0 Å². The Bertz CT molecular complexity index is 924. The van der Waals surface area contributed by atoms with Crippen LogP contribution in [0.15, 0.2) is 40.4 Å². The lowest BCUT2D eigenvalue weighted by molar-refractivity contribution is -0.132. The van der Waals surface area contributed by atoms with Crippen molar-refractivity contribution in [3.8, 4) is 0 Å². The number of halogens is 1. The van der Waals surface area contributed by atoms with E-state index in [1.807, 2.05) is 29.2 Å². The molecule has 6 nitrogen and oxygen atoms in total. The molecule has 2 aliphatic rings. The number of rotatable bonds is 3. The van der Waals surface area contributed by atoms with Crippen molar-refractivity contribution in [2.24, 2.45) is 0 Å². The SMILES string of the molecule is Cc1cnc2n(c1=O)C(CC(=O)N1CCN(c3ccccc3Cl)CC1)CS2. The number of thioether (sulfide) groups is 1. The molecule has 8 heteroatoms. The molecule has 0 N–H and O–H groups in total. The minimum absolute atomic E-state index is 0.0358. The van der Waals surface area contributed by atoms with E-state index in [9.17, 15) is 9.59 Å². The standard InChI is InChI=1S/C19H21ClN4O2S/c1-13-11-21-19-24(18(13)26)14(12-27-19)10-17(25)23-8-6-22(7-9-23)16-5-3-2-4-15(16)20/h2-5,11,14H,6-10,12H2,1H3. The number of hydrogen-bond acceptors (Lipinski definition) is 5. The molecule has 1 atom stereocenters. The Kier molecular flexibility index (Phi) is 5.14. The van der Waals surface area contributed by atoms with Crippen molar-refractivity contribution < 1.29 is 4.79 Å². The highest BCUT2D eigenvalue weighted by Gasteiger charge is 2.30. The number of carbonyl (C=O) groups excluding carboxylic acids is 1. The molecular weight excluding hydrogens is 384 g/mol. The van der Waals surface area contributed by atoms with Gasteiger partial charge in [0, 0.05) is 50.1 Å². The average molecular weight is 405 g/mol. The number of anilines is 1. The number of fused-ring (bicyclic) bond motifs is 1. The van der Waals surface area contributed by atoms with E-state index >= 15 is 0 Å². The van der Waals surface area contributed by atoms with Gasteiger partial charge < -0.3 is 9.80 Å². The fourth-order valence-electron chi connectivity index (χ4n) is 3.61. The molecule has 0 radical (unpaired) electrons. The summed E-state index contributed by atoms with van der Waals surface area (Å²) in [5.41, 5.74) is 1.60. The van der Waals surface area contributed by atoms with E-state index in [2.05, 4.69) is 9.88 Å². The summed E-state index contributed by atoms with van der Waals surface area (Å²) in [7, 11) is 0. The summed E-state index contributed by atoms with van der Waals surface area (Å²) in [4.78, 5) is 33.7. The third-order valence-electron chi connectivity index (χ3n) is 5.14. The molecule has 0 aliphatic carbocycles. The number of nitrogens with zero attached hydrogens (tertiary/aromatic N) is 4. The van der Waals surface area contributed by atoms with Gasteiger partial charge in [-0.2, -0.15) is 0 Å². The van der Waals surface area contributed by atoms with E-state index in [0.29, 0.717) is 30.2 Å².